The maximum Gasteiger partial charge on any atom is 0.280 e. The van der Waals surface area contributed by atoms with Gasteiger partial charge in [-0.15, -0.1) is 0 Å². The van der Waals surface area contributed by atoms with Gasteiger partial charge in [0.1, 0.15) is 6.23 Å². The Balaban J connectivity index is 1.26. The van der Waals surface area contributed by atoms with Crippen LogP contribution in [-0.2, 0) is 18.6 Å². The molecule has 2 aliphatic rings. The maximum atomic E-state index is 12.6. The molecule has 2 saturated heterocycles. The minimum Gasteiger partial charge on any atom is -0.352 e. The van der Waals surface area contributed by atoms with Crippen molar-refractivity contribution in [1.82, 2.24) is 24.2 Å². The van der Waals surface area contributed by atoms with Gasteiger partial charge in [-0.1, -0.05) is 55.9 Å². The highest BCUT2D eigenvalue weighted by atomic mass is 32.2. The zero-order chi connectivity index (χ0) is 29.6. The van der Waals surface area contributed by atoms with Crippen molar-refractivity contribution in [2.24, 2.45) is 5.92 Å². The van der Waals surface area contributed by atoms with E-state index in [-0.39, 0.29) is 41.0 Å². The topological polar surface area (TPSA) is 141 Å². The number of hydrogen-bond acceptors (Lipinski definition) is 10. The summed E-state index contributed by atoms with van der Waals surface area (Å²) in [6, 6.07) is 9.16. The fraction of sp³-hybridized carbons (Fsp3) is 0.519. The molecule has 12 nitrogen and oxygen atoms in total. The predicted molar refractivity (Wildman–Crippen MR) is 158 cm³/mol. The smallest absolute Gasteiger partial charge is 0.280 e. The van der Waals surface area contributed by atoms with E-state index in [2.05, 4.69) is 24.9 Å². The van der Waals surface area contributed by atoms with Crippen molar-refractivity contribution in [1.29, 1.82) is 0 Å². The van der Waals surface area contributed by atoms with Crippen LogP contribution < -0.4 is 10.9 Å². The number of rotatable bonds is 11. The number of aromatic amines is 1. The summed E-state index contributed by atoms with van der Waals surface area (Å²) in [5.74, 6) is -0.0425. The Morgan fingerprint density at radius 2 is 2.07 bits per heavy atom. The Kier molecular flexibility index (Phi) is 9.39. The molecule has 2 unspecified atom stereocenters. The third kappa shape index (κ3) is 7.22. The normalized spacial score (nSPS) is 22.3. The Bertz CT molecular complexity index is 1440. The van der Waals surface area contributed by atoms with Crippen LogP contribution in [-0.4, -0.2) is 72.9 Å². The fourth-order valence-electron chi connectivity index (χ4n) is 4.51. The number of anilines is 1. The van der Waals surface area contributed by atoms with Gasteiger partial charge in [-0.05, 0) is 19.7 Å². The van der Waals surface area contributed by atoms with Crippen LogP contribution in [0.3, 0.4) is 0 Å². The summed E-state index contributed by atoms with van der Waals surface area (Å²) in [6.45, 7) is 5.52. The number of fused-ring (bicyclic) bond motifs is 1. The van der Waals surface area contributed by atoms with Gasteiger partial charge in [-0.3, -0.25) is 29.3 Å². The van der Waals surface area contributed by atoms with Crippen LogP contribution in [0.25, 0.3) is 11.2 Å². The van der Waals surface area contributed by atoms with Gasteiger partial charge in [0, 0.05) is 38.1 Å². The number of carbonyl (C=O) groups is 2. The Morgan fingerprint density at radius 1 is 1.29 bits per heavy atom. The number of nitrogens with zero attached hydrogens (tertiary/aromatic N) is 4. The van der Waals surface area contributed by atoms with Crippen molar-refractivity contribution < 1.29 is 24.7 Å². The summed E-state index contributed by atoms with van der Waals surface area (Å²) in [4.78, 5) is 48.5. The van der Waals surface area contributed by atoms with Crippen molar-refractivity contribution in [3.05, 3.63) is 52.6 Å². The highest BCUT2D eigenvalue weighted by Crippen LogP contribution is 2.49. The van der Waals surface area contributed by atoms with Gasteiger partial charge in [0.25, 0.3) is 14.1 Å². The minimum absolute atomic E-state index is 0.00106. The Hall–Kier alpha value is -2.67. The molecule has 0 aliphatic carbocycles. The lowest BCUT2D eigenvalue weighted by molar-refractivity contribution is -0.118. The first-order chi connectivity index (χ1) is 20.3. The van der Waals surface area contributed by atoms with Crippen LogP contribution in [0.2, 0.25) is 0 Å². The first-order valence-corrected chi connectivity index (χ1v) is 15.7. The first-order valence-electron chi connectivity index (χ1n) is 14.3. The number of H-pyrrole nitrogens is 1. The molecule has 4 heterocycles. The van der Waals surface area contributed by atoms with E-state index >= 15 is 0 Å². The number of hydrogen-bond donors (Lipinski definition) is 2. The van der Waals surface area contributed by atoms with Crippen molar-refractivity contribution >= 4 is 48.4 Å². The van der Waals surface area contributed by atoms with Gasteiger partial charge in [-0.25, -0.2) is 9.65 Å². The highest BCUT2D eigenvalue weighted by molar-refractivity contribution is 8.14. The van der Waals surface area contributed by atoms with Gasteiger partial charge in [0.05, 0.1) is 25.1 Å². The number of amides is 1. The van der Waals surface area contributed by atoms with E-state index in [0.717, 1.165) is 25.9 Å². The lowest BCUT2D eigenvalue weighted by Gasteiger charge is -2.28. The third-order valence-corrected chi connectivity index (χ3v) is 9.34. The van der Waals surface area contributed by atoms with Gasteiger partial charge < -0.3 is 13.8 Å². The quantitative estimate of drug-likeness (QED) is 0.241. The molecule has 0 radical (unpaired) electrons. The number of carbonyl (C=O) groups excluding carboxylic acids is 2. The molecule has 2 aromatic heterocycles. The first kappa shape index (κ1) is 28.4. The molecule has 2 fully saturated rings. The Labute approximate surface area is 244 Å². The molecule has 4 atom stereocenters. The SMILES string of the molecule is [2H]C[C@H]1O[C@@H](n2cnc3c(=O)[nH]c(NC(=O)C(C)C)nc32)CC1OP(OCCSC(=O)c1ccccc1)N1CCCC1. The van der Waals surface area contributed by atoms with E-state index in [9.17, 15) is 14.4 Å². The molecular weight excluding hydrogens is 567 g/mol. The van der Waals surface area contributed by atoms with Gasteiger partial charge in [0.15, 0.2) is 11.2 Å². The highest BCUT2D eigenvalue weighted by Gasteiger charge is 2.39. The molecule has 0 bridgehead atoms. The number of benzene rings is 1. The molecule has 2 aliphatic heterocycles. The molecule has 1 aromatic carbocycles. The van der Waals surface area contributed by atoms with Crippen LogP contribution in [0.5, 0.6) is 0 Å². The molecule has 0 saturated carbocycles. The molecule has 5 rings (SSSR count). The summed E-state index contributed by atoms with van der Waals surface area (Å²) in [6.07, 6.45) is 2.44. The van der Waals surface area contributed by atoms with Crippen LogP contribution in [0, 0.1) is 5.92 Å². The molecule has 0 spiro atoms. The van der Waals surface area contributed by atoms with E-state index < -0.39 is 32.5 Å². The number of ether oxygens (including phenoxy) is 1. The van der Waals surface area contributed by atoms with E-state index in [1.54, 1.807) is 30.5 Å². The zero-order valence-electron chi connectivity index (χ0n) is 24.0. The summed E-state index contributed by atoms with van der Waals surface area (Å²) in [5, 5.41) is 2.62. The van der Waals surface area contributed by atoms with Gasteiger partial charge in [-0.2, -0.15) is 4.98 Å². The molecule has 220 valence electrons. The van der Waals surface area contributed by atoms with E-state index in [1.165, 1.54) is 18.1 Å². The van der Waals surface area contributed by atoms with Crippen molar-refractivity contribution in [2.75, 3.05) is 30.8 Å². The maximum absolute atomic E-state index is 12.6. The average Bonchev–Trinajstić information content (AvgIpc) is 3.75. The van der Waals surface area contributed by atoms with E-state index in [1.807, 2.05) is 18.2 Å². The molecule has 2 N–H and O–H groups in total. The standard InChI is InChI=1S/C27H35N6O6PS/c1-17(2)24(34)30-27-29-23-22(25(35)31-27)28-16-33(23)21-15-20(18(3)38-21)39-40(32-11-7-8-12-32)37-13-14-41-26(36)19-9-5-4-6-10-19/h4-6,9-10,16-18,20-21H,7-8,11-15H2,1-3H3,(H2,29,30,31,34,35)/t18-,20?,21-,40?/m1/s1/i3D. The van der Waals surface area contributed by atoms with Crippen LogP contribution in [0.1, 0.15) is 58.0 Å². The zero-order valence-corrected chi connectivity index (χ0v) is 24.7. The van der Waals surface area contributed by atoms with Crippen LogP contribution in [0.4, 0.5) is 5.95 Å². The summed E-state index contributed by atoms with van der Waals surface area (Å²) in [7, 11) is -1.43. The fourth-order valence-corrected chi connectivity index (χ4v) is 6.95. The van der Waals surface area contributed by atoms with Crippen molar-refractivity contribution in [2.45, 2.75) is 58.4 Å². The molecular formula is C27H35N6O6PS. The van der Waals surface area contributed by atoms with Gasteiger partial charge >= 0.3 is 0 Å². The van der Waals surface area contributed by atoms with Crippen LogP contribution in [0.15, 0.2) is 41.5 Å². The second kappa shape index (κ2) is 13.5. The van der Waals surface area contributed by atoms with Crippen LogP contribution >= 0.6 is 20.3 Å². The molecule has 1 amide bonds. The van der Waals surface area contributed by atoms with Crippen molar-refractivity contribution in [3.63, 3.8) is 0 Å². The number of nitrogens with one attached hydrogen (secondary N) is 2. The largest absolute Gasteiger partial charge is 0.352 e. The minimum atomic E-state index is -1.43. The lowest BCUT2D eigenvalue weighted by atomic mass is 10.2. The molecule has 3 aromatic rings. The molecule has 41 heavy (non-hydrogen) atoms. The van der Waals surface area contributed by atoms with Gasteiger partial charge in [0.2, 0.25) is 17.0 Å². The third-order valence-electron chi connectivity index (χ3n) is 6.76. The number of imidazole rings is 1. The summed E-state index contributed by atoms with van der Waals surface area (Å²) in [5.41, 5.74) is 0.574. The predicted octanol–water partition coefficient (Wildman–Crippen LogP) is 4.32. The number of thioether (sulfide) groups is 1. The van der Waals surface area contributed by atoms with E-state index in [0.29, 0.717) is 24.3 Å². The lowest BCUT2D eigenvalue weighted by Crippen LogP contribution is -2.25. The van der Waals surface area contributed by atoms with Crippen molar-refractivity contribution in [3.8, 4) is 0 Å². The molecule has 14 heteroatoms. The average molecular weight is 604 g/mol. The number of aromatic nitrogens is 4. The second-order valence-corrected chi connectivity index (χ2v) is 12.7. The monoisotopic (exact) mass is 603 g/mol. The second-order valence-electron chi connectivity index (χ2n) is 10.1. The summed E-state index contributed by atoms with van der Waals surface area (Å²) >= 11 is 1.22. The Morgan fingerprint density at radius 3 is 2.80 bits per heavy atom. The summed E-state index contributed by atoms with van der Waals surface area (Å²) < 4.78 is 30.9. The van der Waals surface area contributed by atoms with E-state index in [4.69, 9.17) is 15.2 Å².